The predicted molar refractivity (Wildman–Crippen MR) is 93.9 cm³/mol. The number of methoxy groups -OCH3 is 1. The van der Waals surface area contributed by atoms with Crippen molar-refractivity contribution in [3.63, 3.8) is 0 Å². The van der Waals surface area contributed by atoms with Gasteiger partial charge in [-0.1, -0.05) is 0 Å². The minimum atomic E-state index is -0.0576. The number of anilines is 1. The van der Waals surface area contributed by atoms with E-state index in [1.54, 1.807) is 26.1 Å². The fourth-order valence-electron chi connectivity index (χ4n) is 3.69. The van der Waals surface area contributed by atoms with E-state index in [1.165, 1.54) is 6.33 Å². The molecule has 1 spiro atoms. The van der Waals surface area contributed by atoms with Crippen LogP contribution in [0, 0.1) is 5.41 Å². The van der Waals surface area contributed by atoms with Crippen LogP contribution < -0.4 is 15.0 Å². The molecule has 8 heteroatoms. The number of aromatic nitrogens is 2. The zero-order valence-corrected chi connectivity index (χ0v) is 15.2. The minimum absolute atomic E-state index is 0.0539. The number of piperidine rings is 1. The summed E-state index contributed by atoms with van der Waals surface area (Å²) < 4.78 is 10.8. The fourth-order valence-corrected chi connectivity index (χ4v) is 3.69. The van der Waals surface area contributed by atoms with E-state index in [1.807, 2.05) is 6.07 Å². The highest BCUT2D eigenvalue weighted by molar-refractivity contribution is 5.74. The van der Waals surface area contributed by atoms with Gasteiger partial charge in [-0.25, -0.2) is 14.8 Å². The van der Waals surface area contributed by atoms with Gasteiger partial charge < -0.3 is 24.6 Å². The molecule has 0 bridgehead atoms. The lowest BCUT2D eigenvalue weighted by Crippen LogP contribution is -2.59. The van der Waals surface area contributed by atoms with Gasteiger partial charge in [-0.2, -0.15) is 0 Å². The van der Waals surface area contributed by atoms with Gasteiger partial charge in [0, 0.05) is 39.9 Å². The highest BCUT2D eigenvalue weighted by Crippen LogP contribution is 2.41. The van der Waals surface area contributed by atoms with Crippen molar-refractivity contribution in [3.8, 4) is 5.88 Å². The van der Waals surface area contributed by atoms with Gasteiger partial charge in [0.25, 0.3) is 0 Å². The summed E-state index contributed by atoms with van der Waals surface area (Å²) >= 11 is 0. The maximum Gasteiger partial charge on any atom is 0.317 e. The van der Waals surface area contributed by atoms with Crippen LogP contribution in [0.25, 0.3) is 0 Å². The number of hydrogen-bond acceptors (Lipinski definition) is 6. The molecule has 2 aliphatic heterocycles. The Morgan fingerprint density at radius 2 is 2.12 bits per heavy atom. The number of hydrogen-bond donors (Lipinski definition) is 1. The molecular weight excluding hydrogens is 322 g/mol. The molecule has 2 saturated heterocycles. The maximum atomic E-state index is 12.1. The first-order valence-electron chi connectivity index (χ1n) is 8.71. The van der Waals surface area contributed by atoms with Crippen LogP contribution in [-0.2, 0) is 4.74 Å². The van der Waals surface area contributed by atoms with Gasteiger partial charge >= 0.3 is 6.03 Å². The molecule has 8 nitrogen and oxygen atoms in total. The van der Waals surface area contributed by atoms with E-state index in [4.69, 9.17) is 9.47 Å². The van der Waals surface area contributed by atoms with Crippen molar-refractivity contribution in [2.24, 2.45) is 5.41 Å². The number of ether oxygens (including phenoxy) is 2. The van der Waals surface area contributed by atoms with Crippen molar-refractivity contribution in [2.45, 2.75) is 25.3 Å². The summed E-state index contributed by atoms with van der Waals surface area (Å²) in [4.78, 5) is 24.4. The largest absolute Gasteiger partial charge is 0.481 e. The molecule has 0 aromatic carbocycles. The van der Waals surface area contributed by atoms with Gasteiger partial charge in [-0.3, -0.25) is 0 Å². The van der Waals surface area contributed by atoms with Crippen LogP contribution in [0.1, 0.15) is 19.3 Å². The third-order valence-corrected chi connectivity index (χ3v) is 5.39. The molecule has 2 fully saturated rings. The standard InChI is InChI=1S/C17H27N5O3/c1-21(2)16(23)20-13-11-25-9-6-17(13)4-7-22(8-5-17)14-10-15(24-3)19-12-18-14/h10,12-13H,4-9,11H2,1-3H3,(H,20,23)/t13-/m0/s1. The molecular formula is C17H27N5O3. The lowest BCUT2D eigenvalue weighted by Gasteiger charge is -2.49. The Balaban J connectivity index is 1.68. The SMILES string of the molecule is COc1cc(N2CCC3(CCOC[C@@H]3NC(=O)N(C)C)CC2)ncn1. The van der Waals surface area contributed by atoms with E-state index >= 15 is 0 Å². The minimum Gasteiger partial charge on any atom is -0.481 e. The molecule has 138 valence electrons. The third kappa shape index (κ3) is 3.78. The van der Waals surface area contributed by atoms with E-state index in [0.29, 0.717) is 12.5 Å². The average Bonchev–Trinajstić information content (AvgIpc) is 2.64. The lowest BCUT2D eigenvalue weighted by atomic mass is 9.69. The van der Waals surface area contributed by atoms with Crippen molar-refractivity contribution in [1.82, 2.24) is 20.2 Å². The van der Waals surface area contributed by atoms with Gasteiger partial charge in [0.15, 0.2) is 0 Å². The average molecular weight is 349 g/mol. The monoisotopic (exact) mass is 349 g/mol. The smallest absolute Gasteiger partial charge is 0.317 e. The maximum absolute atomic E-state index is 12.1. The quantitative estimate of drug-likeness (QED) is 0.881. The van der Waals surface area contributed by atoms with E-state index in [0.717, 1.165) is 44.8 Å². The molecule has 1 aromatic heterocycles. The zero-order chi connectivity index (χ0) is 17.9. The Labute approximate surface area is 148 Å². The Morgan fingerprint density at radius 3 is 2.80 bits per heavy atom. The molecule has 3 rings (SSSR count). The second-order valence-corrected chi connectivity index (χ2v) is 6.99. The van der Waals surface area contributed by atoms with E-state index in [-0.39, 0.29) is 17.5 Å². The lowest BCUT2D eigenvalue weighted by molar-refractivity contribution is -0.0279. The molecule has 0 unspecified atom stereocenters. The number of amides is 2. The van der Waals surface area contributed by atoms with Gasteiger partial charge in [0.05, 0.1) is 19.8 Å². The molecule has 0 saturated carbocycles. The van der Waals surface area contributed by atoms with E-state index in [2.05, 4.69) is 20.2 Å². The van der Waals surface area contributed by atoms with Crippen LogP contribution in [0.5, 0.6) is 5.88 Å². The number of urea groups is 1. The molecule has 0 radical (unpaired) electrons. The second-order valence-electron chi connectivity index (χ2n) is 6.99. The van der Waals surface area contributed by atoms with E-state index < -0.39 is 0 Å². The van der Waals surface area contributed by atoms with Crippen molar-refractivity contribution < 1.29 is 14.3 Å². The molecule has 2 amide bonds. The van der Waals surface area contributed by atoms with Gasteiger partial charge in [0.2, 0.25) is 5.88 Å². The zero-order valence-electron chi connectivity index (χ0n) is 15.2. The summed E-state index contributed by atoms with van der Waals surface area (Å²) in [5.41, 5.74) is 0.0948. The molecule has 3 heterocycles. The van der Waals surface area contributed by atoms with Crippen molar-refractivity contribution in [1.29, 1.82) is 0 Å². The van der Waals surface area contributed by atoms with Crippen LogP contribution in [0.4, 0.5) is 10.6 Å². The third-order valence-electron chi connectivity index (χ3n) is 5.39. The Morgan fingerprint density at radius 1 is 1.36 bits per heavy atom. The fraction of sp³-hybridized carbons (Fsp3) is 0.706. The first-order valence-corrected chi connectivity index (χ1v) is 8.71. The van der Waals surface area contributed by atoms with Crippen LogP contribution in [0.3, 0.4) is 0 Å². The van der Waals surface area contributed by atoms with E-state index in [9.17, 15) is 4.79 Å². The van der Waals surface area contributed by atoms with Crippen molar-refractivity contribution in [2.75, 3.05) is 52.4 Å². The van der Waals surface area contributed by atoms with Gasteiger partial charge in [0.1, 0.15) is 12.1 Å². The topological polar surface area (TPSA) is 79.8 Å². The molecule has 2 aliphatic rings. The molecule has 1 aromatic rings. The number of carbonyl (C=O) groups excluding carboxylic acids is 1. The summed E-state index contributed by atoms with van der Waals surface area (Å²) in [7, 11) is 5.13. The summed E-state index contributed by atoms with van der Waals surface area (Å²) in [5, 5.41) is 3.15. The van der Waals surface area contributed by atoms with Crippen molar-refractivity contribution in [3.05, 3.63) is 12.4 Å². The predicted octanol–water partition coefficient (Wildman–Crippen LogP) is 1.13. The highest BCUT2D eigenvalue weighted by atomic mass is 16.5. The Bertz CT molecular complexity index is 602. The van der Waals surface area contributed by atoms with Crippen LogP contribution in [0.15, 0.2) is 12.4 Å². The molecule has 25 heavy (non-hydrogen) atoms. The summed E-state index contributed by atoms with van der Waals surface area (Å²) in [6, 6.07) is 1.86. The van der Waals surface area contributed by atoms with Crippen LogP contribution in [0.2, 0.25) is 0 Å². The number of nitrogens with zero attached hydrogens (tertiary/aromatic N) is 4. The normalized spacial score (nSPS) is 22.5. The Kier molecular flexibility index (Phi) is 5.27. The summed E-state index contributed by atoms with van der Waals surface area (Å²) in [6.07, 6.45) is 4.52. The number of nitrogens with one attached hydrogen (secondary N) is 1. The first kappa shape index (κ1) is 17.7. The number of rotatable bonds is 3. The Hall–Kier alpha value is -2.09. The first-order chi connectivity index (χ1) is 12.0. The molecule has 0 aliphatic carbocycles. The molecule has 1 N–H and O–H groups in total. The van der Waals surface area contributed by atoms with Crippen molar-refractivity contribution >= 4 is 11.8 Å². The van der Waals surface area contributed by atoms with Crippen LogP contribution >= 0.6 is 0 Å². The highest BCUT2D eigenvalue weighted by Gasteiger charge is 2.44. The molecule has 1 atom stereocenters. The summed E-state index contributed by atoms with van der Waals surface area (Å²) in [5.74, 6) is 1.47. The summed E-state index contributed by atoms with van der Waals surface area (Å²) in [6.45, 7) is 3.14. The number of carbonyl (C=O) groups is 1. The van der Waals surface area contributed by atoms with Gasteiger partial charge in [-0.15, -0.1) is 0 Å². The second kappa shape index (κ2) is 7.43. The van der Waals surface area contributed by atoms with Gasteiger partial charge in [-0.05, 0) is 24.7 Å². The van der Waals surface area contributed by atoms with Crippen LogP contribution in [-0.4, -0.2) is 74.4 Å².